The molecule has 8 heteroatoms. The van der Waals surface area contributed by atoms with Gasteiger partial charge in [-0.1, -0.05) is 0 Å². The zero-order valence-corrected chi connectivity index (χ0v) is 11.5. The number of hydrogen-bond acceptors (Lipinski definition) is 7. The van der Waals surface area contributed by atoms with Gasteiger partial charge >= 0.3 is 5.97 Å². The van der Waals surface area contributed by atoms with Crippen LogP contribution in [-0.4, -0.2) is 38.3 Å². The summed E-state index contributed by atoms with van der Waals surface area (Å²) in [5, 5.41) is 13.7. The van der Waals surface area contributed by atoms with Gasteiger partial charge in [0, 0.05) is 6.07 Å². The number of esters is 1. The molecule has 20 heavy (non-hydrogen) atoms. The van der Waals surface area contributed by atoms with Crippen LogP contribution in [0.4, 0.5) is 11.4 Å². The van der Waals surface area contributed by atoms with Crippen LogP contribution >= 0.6 is 0 Å². The van der Waals surface area contributed by atoms with Crippen LogP contribution in [0.25, 0.3) is 0 Å². The van der Waals surface area contributed by atoms with Gasteiger partial charge in [0.15, 0.2) is 11.5 Å². The summed E-state index contributed by atoms with van der Waals surface area (Å²) < 4.78 is 14.8. The Hall–Kier alpha value is -2.51. The molecule has 0 bridgehead atoms. The van der Waals surface area contributed by atoms with E-state index in [4.69, 9.17) is 14.2 Å². The first-order chi connectivity index (χ1) is 9.53. The Balaban J connectivity index is 3.03. The van der Waals surface area contributed by atoms with Gasteiger partial charge in [0.1, 0.15) is 12.2 Å². The normalized spacial score (nSPS) is 9.75. The third-order valence-corrected chi connectivity index (χ3v) is 2.43. The van der Waals surface area contributed by atoms with Crippen molar-refractivity contribution in [2.24, 2.45) is 0 Å². The molecule has 0 saturated carbocycles. The van der Waals surface area contributed by atoms with Crippen LogP contribution in [0.3, 0.4) is 0 Å². The van der Waals surface area contributed by atoms with Crippen molar-refractivity contribution < 1.29 is 23.9 Å². The number of carbonyl (C=O) groups is 1. The zero-order chi connectivity index (χ0) is 15.1. The fraction of sp³-hybridized carbons (Fsp3) is 0.417. The van der Waals surface area contributed by atoms with Crippen LogP contribution in [0, 0.1) is 10.1 Å². The summed E-state index contributed by atoms with van der Waals surface area (Å²) in [6, 6.07) is 2.63. The molecule has 0 aliphatic carbocycles. The molecule has 0 spiro atoms. The predicted octanol–water partition coefficient (Wildman–Crippen LogP) is 1.59. The SMILES string of the molecule is CCOC(=O)CNc1cc(OC)c(OC)cc1[N+](=O)[O-]. The minimum absolute atomic E-state index is 0.153. The first kappa shape index (κ1) is 15.5. The summed E-state index contributed by atoms with van der Waals surface area (Å²) in [4.78, 5) is 21.7. The molecule has 8 nitrogen and oxygen atoms in total. The molecule has 1 aromatic rings. The van der Waals surface area contributed by atoms with E-state index in [-0.39, 0.29) is 30.3 Å². The number of hydrogen-bond donors (Lipinski definition) is 1. The third kappa shape index (κ3) is 3.74. The van der Waals surface area contributed by atoms with Gasteiger partial charge in [-0.15, -0.1) is 0 Å². The van der Waals surface area contributed by atoms with Gasteiger partial charge in [0.25, 0.3) is 5.69 Å². The predicted molar refractivity (Wildman–Crippen MR) is 71.3 cm³/mol. The summed E-state index contributed by atoms with van der Waals surface area (Å²) in [5.41, 5.74) is -0.0624. The van der Waals surface area contributed by atoms with E-state index < -0.39 is 10.9 Å². The molecule has 0 atom stereocenters. The largest absolute Gasteiger partial charge is 0.493 e. The third-order valence-electron chi connectivity index (χ3n) is 2.43. The minimum Gasteiger partial charge on any atom is -0.493 e. The maximum atomic E-state index is 11.3. The van der Waals surface area contributed by atoms with E-state index in [0.717, 1.165) is 0 Å². The topological polar surface area (TPSA) is 99.9 Å². The molecule has 0 amide bonds. The molecule has 1 rings (SSSR count). The number of nitro groups is 1. The lowest BCUT2D eigenvalue weighted by molar-refractivity contribution is -0.384. The van der Waals surface area contributed by atoms with Crippen LogP contribution in [-0.2, 0) is 9.53 Å². The second-order valence-electron chi connectivity index (χ2n) is 3.64. The summed E-state index contributed by atoms with van der Waals surface area (Å²) in [7, 11) is 2.80. The van der Waals surface area contributed by atoms with E-state index >= 15 is 0 Å². The molecular weight excluding hydrogens is 268 g/mol. The van der Waals surface area contributed by atoms with Gasteiger partial charge in [-0.3, -0.25) is 14.9 Å². The van der Waals surface area contributed by atoms with E-state index in [1.807, 2.05) is 0 Å². The summed E-state index contributed by atoms with van der Waals surface area (Å²) in [5.74, 6) is 0.0573. The molecule has 0 saturated heterocycles. The van der Waals surface area contributed by atoms with Crippen molar-refractivity contribution in [2.75, 3.05) is 32.7 Å². The maximum Gasteiger partial charge on any atom is 0.325 e. The molecule has 110 valence electrons. The average Bonchev–Trinajstić information content (AvgIpc) is 2.44. The number of nitrogens with one attached hydrogen (secondary N) is 1. The monoisotopic (exact) mass is 284 g/mol. The lowest BCUT2D eigenvalue weighted by Gasteiger charge is -2.11. The van der Waals surface area contributed by atoms with E-state index in [1.165, 1.54) is 26.4 Å². The molecule has 0 aliphatic heterocycles. The van der Waals surface area contributed by atoms with Crippen molar-refractivity contribution >= 4 is 17.3 Å². The number of ether oxygens (including phenoxy) is 3. The molecule has 0 heterocycles. The van der Waals surface area contributed by atoms with Crippen molar-refractivity contribution in [1.29, 1.82) is 0 Å². The van der Waals surface area contributed by atoms with Crippen molar-refractivity contribution in [2.45, 2.75) is 6.92 Å². The number of rotatable bonds is 7. The van der Waals surface area contributed by atoms with Gasteiger partial charge in [-0.05, 0) is 6.92 Å². The van der Waals surface area contributed by atoms with E-state index in [9.17, 15) is 14.9 Å². The van der Waals surface area contributed by atoms with Gasteiger partial charge in [0.2, 0.25) is 0 Å². The Morgan fingerprint density at radius 1 is 1.30 bits per heavy atom. The fourth-order valence-electron chi connectivity index (χ4n) is 1.54. The summed E-state index contributed by atoms with van der Waals surface area (Å²) in [6.07, 6.45) is 0. The van der Waals surface area contributed by atoms with E-state index in [2.05, 4.69) is 5.32 Å². The maximum absolute atomic E-state index is 11.3. The molecular formula is C12H16N2O6. The van der Waals surface area contributed by atoms with Crippen molar-refractivity contribution in [3.63, 3.8) is 0 Å². The molecule has 0 radical (unpaired) electrons. The number of carbonyl (C=O) groups excluding carboxylic acids is 1. The first-order valence-electron chi connectivity index (χ1n) is 5.83. The van der Waals surface area contributed by atoms with Gasteiger partial charge in [-0.2, -0.15) is 0 Å². The van der Waals surface area contributed by atoms with Gasteiger partial charge < -0.3 is 19.5 Å². The lowest BCUT2D eigenvalue weighted by atomic mass is 10.2. The smallest absolute Gasteiger partial charge is 0.325 e. The number of nitro benzene ring substituents is 1. The Labute approximate surface area is 115 Å². The minimum atomic E-state index is -0.574. The highest BCUT2D eigenvalue weighted by Gasteiger charge is 2.20. The number of nitrogens with zero attached hydrogens (tertiary/aromatic N) is 1. The Morgan fingerprint density at radius 3 is 2.40 bits per heavy atom. The standard InChI is InChI=1S/C12H16N2O6/c1-4-20-12(15)7-13-8-5-10(18-2)11(19-3)6-9(8)14(16)17/h5-6,13H,4,7H2,1-3H3. The van der Waals surface area contributed by atoms with Gasteiger partial charge in [-0.25, -0.2) is 0 Å². The highest BCUT2D eigenvalue weighted by atomic mass is 16.6. The first-order valence-corrected chi connectivity index (χ1v) is 5.83. The number of anilines is 1. The molecule has 1 N–H and O–H groups in total. The Morgan fingerprint density at radius 2 is 1.90 bits per heavy atom. The van der Waals surface area contributed by atoms with Crippen LogP contribution in [0.15, 0.2) is 12.1 Å². The Kier molecular flexibility index (Phi) is 5.57. The Bertz CT molecular complexity index is 503. The molecule has 1 aromatic carbocycles. The summed E-state index contributed by atoms with van der Waals surface area (Å²) >= 11 is 0. The molecule has 0 aliphatic rings. The van der Waals surface area contributed by atoms with Crippen molar-refractivity contribution in [3.8, 4) is 11.5 Å². The van der Waals surface area contributed by atoms with Crippen LogP contribution in [0.1, 0.15) is 6.92 Å². The highest BCUT2D eigenvalue weighted by molar-refractivity contribution is 5.77. The zero-order valence-electron chi connectivity index (χ0n) is 11.5. The van der Waals surface area contributed by atoms with Crippen molar-refractivity contribution in [1.82, 2.24) is 0 Å². The molecule has 0 aromatic heterocycles. The number of methoxy groups -OCH3 is 2. The summed E-state index contributed by atoms with van der Waals surface area (Å²) in [6.45, 7) is 1.75. The van der Waals surface area contributed by atoms with Gasteiger partial charge in [0.05, 0.1) is 31.8 Å². The second-order valence-corrected chi connectivity index (χ2v) is 3.64. The quantitative estimate of drug-likeness (QED) is 0.461. The lowest BCUT2D eigenvalue weighted by Crippen LogP contribution is -2.17. The van der Waals surface area contributed by atoms with Crippen LogP contribution < -0.4 is 14.8 Å². The molecule has 0 fully saturated rings. The van der Waals surface area contributed by atoms with Crippen molar-refractivity contribution in [3.05, 3.63) is 22.2 Å². The average molecular weight is 284 g/mol. The van der Waals surface area contributed by atoms with Crippen LogP contribution in [0.5, 0.6) is 11.5 Å². The second kappa shape index (κ2) is 7.17. The highest BCUT2D eigenvalue weighted by Crippen LogP contribution is 2.37. The number of benzene rings is 1. The van der Waals surface area contributed by atoms with E-state index in [1.54, 1.807) is 6.92 Å². The van der Waals surface area contributed by atoms with Crippen LogP contribution in [0.2, 0.25) is 0 Å². The fourth-order valence-corrected chi connectivity index (χ4v) is 1.54. The molecule has 0 unspecified atom stereocenters. The van der Waals surface area contributed by atoms with E-state index in [0.29, 0.717) is 5.75 Å².